The molecule has 0 aliphatic rings. The van der Waals surface area contributed by atoms with Crippen molar-refractivity contribution in [1.29, 1.82) is 0 Å². The van der Waals surface area contributed by atoms with E-state index in [0.717, 1.165) is 17.5 Å². The van der Waals surface area contributed by atoms with E-state index in [2.05, 4.69) is 22.4 Å². The second-order valence-electron chi connectivity index (χ2n) is 3.88. The van der Waals surface area contributed by atoms with Crippen LogP contribution in [0.3, 0.4) is 0 Å². The number of nitrogens with zero attached hydrogens (tertiary/aromatic N) is 1. The van der Waals surface area contributed by atoms with Crippen LogP contribution in [-0.4, -0.2) is 18.6 Å². The van der Waals surface area contributed by atoms with Crippen LogP contribution in [0.5, 0.6) is 0 Å². The zero-order valence-electron chi connectivity index (χ0n) is 9.66. The van der Waals surface area contributed by atoms with Crippen molar-refractivity contribution in [3.05, 3.63) is 29.7 Å². The Balaban J connectivity index is 2.36. The van der Waals surface area contributed by atoms with Crippen LogP contribution in [0.15, 0.2) is 22.6 Å². The summed E-state index contributed by atoms with van der Waals surface area (Å²) in [4.78, 5) is 4.32. The maximum Gasteiger partial charge on any atom is 0.192 e. The standard InChI is InChI=1S/C12H17N3O/c1-8-15-11-7-9(3-4-12(11)16-8)10(14-2)5-6-13/h3-4,7,10,14H,5-6,13H2,1-2H3. The van der Waals surface area contributed by atoms with E-state index in [0.29, 0.717) is 12.4 Å². The summed E-state index contributed by atoms with van der Waals surface area (Å²) >= 11 is 0. The molecule has 0 aliphatic carbocycles. The molecule has 1 atom stereocenters. The van der Waals surface area contributed by atoms with Crippen molar-refractivity contribution in [2.45, 2.75) is 19.4 Å². The van der Waals surface area contributed by atoms with Gasteiger partial charge < -0.3 is 15.5 Å². The fourth-order valence-corrected chi connectivity index (χ4v) is 1.92. The van der Waals surface area contributed by atoms with Gasteiger partial charge in [-0.25, -0.2) is 4.98 Å². The van der Waals surface area contributed by atoms with Gasteiger partial charge in [0.1, 0.15) is 5.52 Å². The molecule has 2 aromatic rings. The van der Waals surface area contributed by atoms with E-state index in [-0.39, 0.29) is 6.04 Å². The predicted molar refractivity (Wildman–Crippen MR) is 64.2 cm³/mol. The molecule has 0 amide bonds. The highest BCUT2D eigenvalue weighted by Crippen LogP contribution is 2.22. The minimum absolute atomic E-state index is 0.284. The molecule has 0 aliphatic heterocycles. The first-order valence-corrected chi connectivity index (χ1v) is 5.49. The fraction of sp³-hybridized carbons (Fsp3) is 0.417. The first-order valence-electron chi connectivity index (χ1n) is 5.49. The number of oxazole rings is 1. The van der Waals surface area contributed by atoms with Crippen molar-refractivity contribution in [2.24, 2.45) is 5.73 Å². The minimum Gasteiger partial charge on any atom is -0.441 e. The summed E-state index contributed by atoms with van der Waals surface area (Å²) in [6.07, 6.45) is 0.916. The van der Waals surface area contributed by atoms with Crippen LogP contribution in [0.2, 0.25) is 0 Å². The molecule has 1 aromatic carbocycles. The lowest BCUT2D eigenvalue weighted by atomic mass is 10.0. The Morgan fingerprint density at radius 3 is 3.00 bits per heavy atom. The summed E-state index contributed by atoms with van der Waals surface area (Å²) in [5.74, 6) is 0.701. The molecule has 0 saturated carbocycles. The summed E-state index contributed by atoms with van der Waals surface area (Å²) in [7, 11) is 1.94. The van der Waals surface area contributed by atoms with E-state index in [1.165, 1.54) is 5.56 Å². The Morgan fingerprint density at radius 1 is 1.50 bits per heavy atom. The third-order valence-corrected chi connectivity index (χ3v) is 2.72. The molecule has 0 radical (unpaired) electrons. The number of hydrogen-bond acceptors (Lipinski definition) is 4. The van der Waals surface area contributed by atoms with E-state index >= 15 is 0 Å². The SMILES string of the molecule is CNC(CCN)c1ccc2oc(C)nc2c1. The van der Waals surface area contributed by atoms with Crippen LogP contribution in [0.1, 0.15) is 23.9 Å². The van der Waals surface area contributed by atoms with Gasteiger partial charge in [0, 0.05) is 13.0 Å². The molecule has 0 spiro atoms. The molecule has 0 bridgehead atoms. The maximum absolute atomic E-state index is 5.58. The van der Waals surface area contributed by atoms with Crippen molar-refractivity contribution in [3.8, 4) is 0 Å². The van der Waals surface area contributed by atoms with Gasteiger partial charge in [-0.05, 0) is 37.7 Å². The topological polar surface area (TPSA) is 64.1 Å². The van der Waals surface area contributed by atoms with Crippen LogP contribution in [0, 0.1) is 6.92 Å². The molecule has 1 unspecified atom stereocenters. The molecule has 1 heterocycles. The molecule has 3 N–H and O–H groups in total. The minimum atomic E-state index is 0.284. The number of aryl methyl sites for hydroxylation is 1. The van der Waals surface area contributed by atoms with Gasteiger partial charge in [0.2, 0.25) is 0 Å². The van der Waals surface area contributed by atoms with Gasteiger partial charge in [-0.2, -0.15) is 0 Å². The lowest BCUT2D eigenvalue weighted by molar-refractivity contribution is 0.554. The Hall–Kier alpha value is -1.39. The third kappa shape index (κ3) is 2.08. The van der Waals surface area contributed by atoms with Crippen LogP contribution in [0.4, 0.5) is 0 Å². The molecular weight excluding hydrogens is 202 g/mol. The predicted octanol–water partition coefficient (Wildman–Crippen LogP) is 1.75. The average Bonchev–Trinajstić information content (AvgIpc) is 2.64. The van der Waals surface area contributed by atoms with E-state index in [9.17, 15) is 0 Å². The Bertz CT molecular complexity index is 478. The first kappa shape index (κ1) is 11.1. The van der Waals surface area contributed by atoms with E-state index < -0.39 is 0 Å². The maximum atomic E-state index is 5.58. The molecule has 1 aromatic heterocycles. The summed E-state index contributed by atoms with van der Waals surface area (Å²) in [6, 6.07) is 6.37. The van der Waals surface area contributed by atoms with Crippen molar-refractivity contribution in [2.75, 3.05) is 13.6 Å². The van der Waals surface area contributed by atoms with Crippen molar-refractivity contribution >= 4 is 11.1 Å². The summed E-state index contributed by atoms with van der Waals surface area (Å²) in [5, 5.41) is 3.25. The number of aromatic nitrogens is 1. The molecule has 4 nitrogen and oxygen atoms in total. The summed E-state index contributed by atoms with van der Waals surface area (Å²) in [5.41, 5.74) is 8.53. The monoisotopic (exact) mass is 219 g/mol. The van der Waals surface area contributed by atoms with Gasteiger partial charge >= 0.3 is 0 Å². The lowest BCUT2D eigenvalue weighted by Crippen LogP contribution is -2.19. The second kappa shape index (κ2) is 4.63. The van der Waals surface area contributed by atoms with Gasteiger partial charge in [-0.1, -0.05) is 6.07 Å². The summed E-state index contributed by atoms with van der Waals surface area (Å²) < 4.78 is 5.44. The zero-order valence-corrected chi connectivity index (χ0v) is 9.66. The van der Waals surface area contributed by atoms with E-state index in [1.54, 1.807) is 0 Å². The summed E-state index contributed by atoms with van der Waals surface area (Å²) in [6.45, 7) is 2.52. The molecule has 2 rings (SSSR count). The van der Waals surface area contributed by atoms with Gasteiger partial charge in [-0.15, -0.1) is 0 Å². The van der Waals surface area contributed by atoms with Crippen molar-refractivity contribution < 1.29 is 4.42 Å². The normalized spacial score (nSPS) is 13.2. The lowest BCUT2D eigenvalue weighted by Gasteiger charge is -2.15. The molecule has 0 fully saturated rings. The van der Waals surface area contributed by atoms with Crippen LogP contribution >= 0.6 is 0 Å². The van der Waals surface area contributed by atoms with E-state index in [4.69, 9.17) is 10.2 Å². The highest BCUT2D eigenvalue weighted by molar-refractivity contribution is 5.73. The van der Waals surface area contributed by atoms with Gasteiger partial charge in [0.05, 0.1) is 0 Å². The average molecular weight is 219 g/mol. The zero-order chi connectivity index (χ0) is 11.5. The van der Waals surface area contributed by atoms with Crippen molar-refractivity contribution in [3.63, 3.8) is 0 Å². The van der Waals surface area contributed by atoms with E-state index in [1.807, 2.05) is 20.0 Å². The smallest absolute Gasteiger partial charge is 0.192 e. The highest BCUT2D eigenvalue weighted by atomic mass is 16.3. The number of rotatable bonds is 4. The largest absolute Gasteiger partial charge is 0.441 e. The van der Waals surface area contributed by atoms with Crippen LogP contribution in [0.25, 0.3) is 11.1 Å². The first-order chi connectivity index (χ1) is 7.74. The molecular formula is C12H17N3O. The molecule has 4 heteroatoms. The molecule has 0 saturated heterocycles. The number of nitrogens with one attached hydrogen (secondary N) is 1. The van der Waals surface area contributed by atoms with Gasteiger partial charge in [0.15, 0.2) is 11.5 Å². The van der Waals surface area contributed by atoms with Gasteiger partial charge in [0.25, 0.3) is 0 Å². The molecule has 16 heavy (non-hydrogen) atoms. The number of benzene rings is 1. The van der Waals surface area contributed by atoms with Crippen LogP contribution < -0.4 is 11.1 Å². The van der Waals surface area contributed by atoms with Gasteiger partial charge in [-0.3, -0.25) is 0 Å². The third-order valence-electron chi connectivity index (χ3n) is 2.72. The Labute approximate surface area is 94.8 Å². The Kier molecular flexibility index (Phi) is 3.22. The number of fused-ring (bicyclic) bond motifs is 1. The molecule has 86 valence electrons. The van der Waals surface area contributed by atoms with Crippen molar-refractivity contribution in [1.82, 2.24) is 10.3 Å². The second-order valence-corrected chi connectivity index (χ2v) is 3.88. The number of hydrogen-bond donors (Lipinski definition) is 2. The Morgan fingerprint density at radius 2 is 2.31 bits per heavy atom. The number of nitrogens with two attached hydrogens (primary N) is 1. The quantitative estimate of drug-likeness (QED) is 0.822. The fourth-order valence-electron chi connectivity index (χ4n) is 1.92. The van der Waals surface area contributed by atoms with Crippen LogP contribution in [-0.2, 0) is 0 Å². The highest BCUT2D eigenvalue weighted by Gasteiger charge is 2.10.